The third-order valence-corrected chi connectivity index (χ3v) is 7.63. The minimum Gasteiger partial charge on any atom is -0.348 e. The predicted octanol–water partition coefficient (Wildman–Crippen LogP) is 4.80. The molecule has 1 heterocycles. The average molecular weight is 506 g/mol. The number of rotatable bonds is 9. The summed E-state index contributed by atoms with van der Waals surface area (Å²) >= 11 is 0. The third-order valence-electron chi connectivity index (χ3n) is 6.49. The fourth-order valence-electron chi connectivity index (χ4n) is 4.74. The molecule has 1 aliphatic heterocycles. The molecule has 0 unspecified atom stereocenters. The Morgan fingerprint density at radius 3 is 2.17 bits per heavy atom. The van der Waals surface area contributed by atoms with Crippen molar-refractivity contribution in [1.29, 1.82) is 0 Å². The molecule has 0 spiro atoms. The van der Waals surface area contributed by atoms with Crippen LogP contribution < -0.4 is 9.62 Å². The van der Waals surface area contributed by atoms with Crippen LogP contribution in [0, 0.1) is 13.8 Å². The minimum absolute atomic E-state index is 0.152. The average Bonchev–Trinajstić information content (AvgIpc) is 3.33. The fraction of sp³-hybridized carbons (Fsp3) is 0.345. The van der Waals surface area contributed by atoms with Gasteiger partial charge in [-0.05, 0) is 91.9 Å². The summed E-state index contributed by atoms with van der Waals surface area (Å²) in [5, 5.41) is 3.00. The SMILES string of the molecule is Cc1cc(C)cc(N(Cc2ccc(C(=O)NCc3cccc(CN4CCCC4)c3)cc2)S(C)(=O)=O)c1. The molecule has 1 aliphatic rings. The molecule has 0 aliphatic carbocycles. The monoisotopic (exact) mass is 505 g/mol. The van der Waals surface area contributed by atoms with E-state index in [0.29, 0.717) is 17.8 Å². The zero-order valence-electron chi connectivity index (χ0n) is 21.3. The van der Waals surface area contributed by atoms with Gasteiger partial charge in [-0.2, -0.15) is 0 Å². The summed E-state index contributed by atoms with van der Waals surface area (Å²) in [6.45, 7) is 7.84. The van der Waals surface area contributed by atoms with Crippen molar-refractivity contribution in [1.82, 2.24) is 10.2 Å². The third kappa shape index (κ3) is 6.95. The van der Waals surface area contributed by atoms with Crippen LogP contribution in [0.3, 0.4) is 0 Å². The molecule has 7 heteroatoms. The molecule has 190 valence electrons. The first-order chi connectivity index (χ1) is 17.2. The number of amides is 1. The van der Waals surface area contributed by atoms with Crippen LogP contribution in [0.1, 0.15) is 51.0 Å². The van der Waals surface area contributed by atoms with Crippen molar-refractivity contribution >= 4 is 21.6 Å². The number of anilines is 1. The second-order valence-corrected chi connectivity index (χ2v) is 11.7. The summed E-state index contributed by atoms with van der Waals surface area (Å²) in [7, 11) is -3.48. The maximum atomic E-state index is 12.7. The number of nitrogens with zero attached hydrogens (tertiary/aromatic N) is 2. The van der Waals surface area contributed by atoms with E-state index in [2.05, 4.69) is 22.3 Å². The van der Waals surface area contributed by atoms with E-state index in [9.17, 15) is 13.2 Å². The lowest BCUT2D eigenvalue weighted by molar-refractivity contribution is 0.0951. The number of hydrogen-bond donors (Lipinski definition) is 1. The molecule has 0 bridgehead atoms. The van der Waals surface area contributed by atoms with Crippen molar-refractivity contribution in [2.75, 3.05) is 23.7 Å². The molecule has 3 aromatic carbocycles. The number of nitrogens with one attached hydrogen (secondary N) is 1. The molecule has 6 nitrogen and oxygen atoms in total. The van der Waals surface area contributed by atoms with Gasteiger partial charge in [-0.25, -0.2) is 8.42 Å². The highest BCUT2D eigenvalue weighted by molar-refractivity contribution is 7.92. The Morgan fingerprint density at radius 2 is 1.53 bits per heavy atom. The second-order valence-electron chi connectivity index (χ2n) is 9.80. The first-order valence-electron chi connectivity index (χ1n) is 12.4. The van der Waals surface area contributed by atoms with Crippen LogP contribution in [0.4, 0.5) is 5.69 Å². The van der Waals surface area contributed by atoms with Crippen molar-refractivity contribution in [3.8, 4) is 0 Å². The molecule has 3 aromatic rings. The van der Waals surface area contributed by atoms with Gasteiger partial charge in [0, 0.05) is 18.7 Å². The van der Waals surface area contributed by atoms with E-state index in [-0.39, 0.29) is 12.5 Å². The normalized spacial score (nSPS) is 14.1. The molecule has 1 amide bonds. The first-order valence-corrected chi connectivity index (χ1v) is 14.3. The quantitative estimate of drug-likeness (QED) is 0.454. The molecule has 0 atom stereocenters. The maximum absolute atomic E-state index is 12.7. The standard InChI is InChI=1S/C29H35N3O3S/c1-22-15-23(2)17-28(16-22)32(36(3,34)35)21-24-9-11-27(12-10-24)29(33)30-19-25-7-6-8-26(18-25)20-31-13-4-5-14-31/h6-12,15-18H,4-5,13-14,19-21H2,1-3H3,(H,30,33). The van der Waals surface area contributed by atoms with Gasteiger partial charge in [0.15, 0.2) is 0 Å². The summed E-state index contributed by atoms with van der Waals surface area (Å²) in [6.07, 6.45) is 3.76. The van der Waals surface area contributed by atoms with Crippen LogP contribution in [0.25, 0.3) is 0 Å². The molecule has 36 heavy (non-hydrogen) atoms. The van der Waals surface area contributed by atoms with E-state index in [1.165, 1.54) is 29.0 Å². The second kappa shape index (κ2) is 11.3. The van der Waals surface area contributed by atoms with Crippen LogP contribution in [0.15, 0.2) is 66.7 Å². The van der Waals surface area contributed by atoms with Crippen LogP contribution in [-0.4, -0.2) is 38.6 Å². The van der Waals surface area contributed by atoms with Gasteiger partial charge in [0.05, 0.1) is 18.5 Å². The van der Waals surface area contributed by atoms with Gasteiger partial charge in [-0.3, -0.25) is 14.0 Å². The van der Waals surface area contributed by atoms with Crippen molar-refractivity contribution in [3.63, 3.8) is 0 Å². The van der Waals surface area contributed by atoms with Gasteiger partial charge >= 0.3 is 0 Å². The summed E-state index contributed by atoms with van der Waals surface area (Å²) in [5.41, 5.74) is 6.36. The number of hydrogen-bond acceptors (Lipinski definition) is 4. The Morgan fingerprint density at radius 1 is 0.889 bits per heavy atom. The summed E-state index contributed by atoms with van der Waals surface area (Å²) < 4.78 is 26.5. The van der Waals surface area contributed by atoms with E-state index in [1.807, 2.05) is 56.3 Å². The predicted molar refractivity (Wildman–Crippen MR) is 146 cm³/mol. The van der Waals surface area contributed by atoms with Gasteiger partial charge < -0.3 is 5.32 Å². The van der Waals surface area contributed by atoms with Gasteiger partial charge in [-0.1, -0.05) is 42.5 Å². The van der Waals surface area contributed by atoms with Crippen LogP contribution in [0.2, 0.25) is 0 Å². The molecular weight excluding hydrogens is 470 g/mol. The zero-order chi connectivity index (χ0) is 25.7. The highest BCUT2D eigenvalue weighted by atomic mass is 32.2. The van der Waals surface area contributed by atoms with Crippen LogP contribution in [0.5, 0.6) is 0 Å². The van der Waals surface area contributed by atoms with Crippen molar-refractivity contribution < 1.29 is 13.2 Å². The van der Waals surface area contributed by atoms with Crippen molar-refractivity contribution in [3.05, 3.63) is 100 Å². The van der Waals surface area contributed by atoms with E-state index in [0.717, 1.165) is 41.9 Å². The Labute approximate surface area is 215 Å². The molecule has 0 radical (unpaired) electrons. The van der Waals surface area contributed by atoms with Gasteiger partial charge in [0.1, 0.15) is 0 Å². The zero-order valence-corrected chi connectivity index (χ0v) is 22.1. The van der Waals surface area contributed by atoms with E-state index in [4.69, 9.17) is 0 Å². The first kappa shape index (κ1) is 25.9. The van der Waals surface area contributed by atoms with Gasteiger partial charge in [0.2, 0.25) is 10.0 Å². The highest BCUT2D eigenvalue weighted by Gasteiger charge is 2.19. The summed E-state index contributed by atoms with van der Waals surface area (Å²) in [4.78, 5) is 15.2. The Hall–Kier alpha value is -3.16. The van der Waals surface area contributed by atoms with Crippen molar-refractivity contribution in [2.24, 2.45) is 0 Å². The Balaban J connectivity index is 1.38. The lowest BCUT2D eigenvalue weighted by atomic mass is 10.1. The molecule has 0 aromatic heterocycles. The van der Waals surface area contributed by atoms with Gasteiger partial charge in [0.25, 0.3) is 5.91 Å². The highest BCUT2D eigenvalue weighted by Crippen LogP contribution is 2.24. The molecule has 1 N–H and O–H groups in total. The van der Waals surface area contributed by atoms with E-state index >= 15 is 0 Å². The lowest BCUT2D eigenvalue weighted by Gasteiger charge is -2.23. The molecule has 4 rings (SSSR count). The fourth-order valence-corrected chi connectivity index (χ4v) is 5.62. The Kier molecular flexibility index (Phi) is 8.11. The summed E-state index contributed by atoms with van der Waals surface area (Å²) in [6, 6.07) is 21.3. The number of aryl methyl sites for hydroxylation is 2. The number of carbonyl (C=O) groups is 1. The maximum Gasteiger partial charge on any atom is 0.251 e. The number of sulfonamides is 1. The van der Waals surface area contributed by atoms with Crippen molar-refractivity contribution in [2.45, 2.75) is 46.3 Å². The Bertz CT molecular complexity index is 1290. The minimum atomic E-state index is -3.48. The largest absolute Gasteiger partial charge is 0.348 e. The molecule has 0 saturated carbocycles. The molecule has 1 saturated heterocycles. The molecular formula is C29H35N3O3S. The number of carbonyl (C=O) groups excluding carboxylic acids is 1. The lowest BCUT2D eigenvalue weighted by Crippen LogP contribution is -2.29. The summed E-state index contributed by atoms with van der Waals surface area (Å²) in [5.74, 6) is -0.152. The smallest absolute Gasteiger partial charge is 0.251 e. The molecule has 1 fully saturated rings. The topological polar surface area (TPSA) is 69.7 Å². The van der Waals surface area contributed by atoms with Crippen LogP contribution in [-0.2, 0) is 29.7 Å². The van der Waals surface area contributed by atoms with Crippen LogP contribution >= 0.6 is 0 Å². The number of likely N-dealkylation sites (tertiary alicyclic amines) is 1. The van der Waals surface area contributed by atoms with E-state index in [1.54, 1.807) is 12.1 Å². The van der Waals surface area contributed by atoms with Gasteiger partial charge in [-0.15, -0.1) is 0 Å². The number of benzene rings is 3. The van der Waals surface area contributed by atoms with E-state index < -0.39 is 10.0 Å².